The van der Waals surface area contributed by atoms with Crippen molar-refractivity contribution in [3.8, 4) is 5.75 Å². The van der Waals surface area contributed by atoms with Gasteiger partial charge in [-0.3, -0.25) is 0 Å². The van der Waals surface area contributed by atoms with E-state index < -0.39 is 0 Å². The lowest BCUT2D eigenvalue weighted by Crippen LogP contribution is -2.27. The zero-order valence-electron chi connectivity index (χ0n) is 11.5. The summed E-state index contributed by atoms with van der Waals surface area (Å²) in [5, 5.41) is 3.48. The van der Waals surface area contributed by atoms with Crippen LogP contribution in [0.3, 0.4) is 0 Å². The Morgan fingerprint density at radius 3 is 2.94 bits per heavy atom. The molecule has 0 fully saturated rings. The molecule has 0 amide bonds. The third-order valence-corrected chi connectivity index (χ3v) is 3.17. The highest BCUT2D eigenvalue weighted by atomic mass is 16.5. The fourth-order valence-electron chi connectivity index (χ4n) is 2.31. The summed E-state index contributed by atoms with van der Waals surface area (Å²) in [5.74, 6) is 1.07. The third-order valence-electron chi connectivity index (χ3n) is 3.17. The normalized spacial score (nSPS) is 15.6. The zero-order valence-corrected chi connectivity index (χ0v) is 11.5. The standard InChI is InChI=1S/C15H23NO2/c1-4-16-14(10-18-11(2)3)13-7-5-6-12-8-9-17-15(12)13/h5-7,11,14,16H,4,8-10H2,1-3H3. The molecule has 0 radical (unpaired) electrons. The monoisotopic (exact) mass is 249 g/mol. The van der Waals surface area contributed by atoms with Crippen LogP contribution in [0.5, 0.6) is 5.75 Å². The Hall–Kier alpha value is -1.06. The van der Waals surface area contributed by atoms with Gasteiger partial charge in [-0.2, -0.15) is 0 Å². The van der Waals surface area contributed by atoms with Crippen LogP contribution in [0, 0.1) is 0 Å². The van der Waals surface area contributed by atoms with Gasteiger partial charge >= 0.3 is 0 Å². The van der Waals surface area contributed by atoms with E-state index in [4.69, 9.17) is 9.47 Å². The van der Waals surface area contributed by atoms with Crippen molar-refractivity contribution >= 4 is 0 Å². The van der Waals surface area contributed by atoms with Crippen LogP contribution in [0.1, 0.15) is 37.9 Å². The molecule has 0 saturated heterocycles. The summed E-state index contributed by atoms with van der Waals surface area (Å²) in [4.78, 5) is 0. The maximum Gasteiger partial charge on any atom is 0.127 e. The second-order valence-corrected chi connectivity index (χ2v) is 4.93. The highest BCUT2D eigenvalue weighted by Crippen LogP contribution is 2.33. The molecule has 0 aromatic heterocycles. The smallest absolute Gasteiger partial charge is 0.127 e. The molecule has 1 unspecified atom stereocenters. The molecule has 3 heteroatoms. The Morgan fingerprint density at radius 1 is 1.39 bits per heavy atom. The number of hydrogen-bond donors (Lipinski definition) is 1. The first-order valence-electron chi connectivity index (χ1n) is 6.82. The van der Waals surface area contributed by atoms with Crippen LogP contribution in [0.4, 0.5) is 0 Å². The van der Waals surface area contributed by atoms with Gasteiger partial charge in [-0.25, -0.2) is 0 Å². The van der Waals surface area contributed by atoms with Crippen molar-refractivity contribution in [2.24, 2.45) is 0 Å². The maximum absolute atomic E-state index is 5.77. The number of benzene rings is 1. The van der Waals surface area contributed by atoms with Crippen molar-refractivity contribution in [3.05, 3.63) is 29.3 Å². The summed E-state index contributed by atoms with van der Waals surface area (Å²) in [7, 11) is 0. The lowest BCUT2D eigenvalue weighted by atomic mass is 10.0. The quantitative estimate of drug-likeness (QED) is 0.841. The van der Waals surface area contributed by atoms with Crippen LogP contribution >= 0.6 is 0 Å². The lowest BCUT2D eigenvalue weighted by molar-refractivity contribution is 0.0609. The van der Waals surface area contributed by atoms with E-state index in [2.05, 4.69) is 44.3 Å². The summed E-state index contributed by atoms with van der Waals surface area (Å²) >= 11 is 0. The first-order chi connectivity index (χ1) is 8.72. The van der Waals surface area contributed by atoms with Gasteiger partial charge in [0.2, 0.25) is 0 Å². The number of nitrogens with one attached hydrogen (secondary N) is 1. The molecule has 0 saturated carbocycles. The molecule has 0 spiro atoms. The van der Waals surface area contributed by atoms with Gasteiger partial charge in [0, 0.05) is 12.0 Å². The van der Waals surface area contributed by atoms with Gasteiger partial charge in [0.25, 0.3) is 0 Å². The van der Waals surface area contributed by atoms with E-state index in [9.17, 15) is 0 Å². The molecule has 1 N–H and O–H groups in total. The van der Waals surface area contributed by atoms with Crippen LogP contribution in [-0.4, -0.2) is 25.9 Å². The van der Waals surface area contributed by atoms with Crippen LogP contribution in [0.2, 0.25) is 0 Å². The van der Waals surface area contributed by atoms with Gasteiger partial charge in [0.15, 0.2) is 0 Å². The minimum Gasteiger partial charge on any atom is -0.493 e. The second kappa shape index (κ2) is 6.21. The average molecular weight is 249 g/mol. The molecule has 1 heterocycles. The van der Waals surface area contributed by atoms with Crippen LogP contribution < -0.4 is 10.1 Å². The van der Waals surface area contributed by atoms with Crippen molar-refractivity contribution in [2.75, 3.05) is 19.8 Å². The summed E-state index contributed by atoms with van der Waals surface area (Å²) in [6, 6.07) is 6.62. The number of hydrogen-bond acceptors (Lipinski definition) is 3. The van der Waals surface area contributed by atoms with E-state index in [1.807, 2.05) is 0 Å². The number of rotatable bonds is 6. The fraction of sp³-hybridized carbons (Fsp3) is 0.600. The van der Waals surface area contributed by atoms with Gasteiger partial charge in [0.1, 0.15) is 5.75 Å². The molecule has 100 valence electrons. The lowest BCUT2D eigenvalue weighted by Gasteiger charge is -2.21. The number of likely N-dealkylation sites (N-methyl/N-ethyl adjacent to an activating group) is 1. The molecule has 18 heavy (non-hydrogen) atoms. The molecule has 0 aliphatic carbocycles. The Labute approximate surface area is 109 Å². The average Bonchev–Trinajstić information content (AvgIpc) is 2.82. The van der Waals surface area contributed by atoms with E-state index >= 15 is 0 Å². The van der Waals surface area contributed by atoms with Crippen LogP contribution in [-0.2, 0) is 11.2 Å². The van der Waals surface area contributed by atoms with Crippen molar-refractivity contribution in [3.63, 3.8) is 0 Å². The Balaban J connectivity index is 2.17. The third kappa shape index (κ3) is 3.03. The van der Waals surface area contributed by atoms with Crippen molar-refractivity contribution in [2.45, 2.75) is 39.3 Å². The Bertz CT molecular complexity index is 390. The van der Waals surface area contributed by atoms with E-state index in [1.54, 1.807) is 0 Å². The summed E-state index contributed by atoms with van der Waals surface area (Å²) < 4.78 is 11.5. The maximum atomic E-state index is 5.77. The second-order valence-electron chi connectivity index (χ2n) is 4.93. The first-order valence-corrected chi connectivity index (χ1v) is 6.82. The Morgan fingerprint density at radius 2 is 2.22 bits per heavy atom. The fourth-order valence-corrected chi connectivity index (χ4v) is 2.31. The minimum atomic E-state index is 0.213. The number of ether oxygens (including phenoxy) is 2. The molecule has 2 rings (SSSR count). The highest BCUT2D eigenvalue weighted by molar-refractivity contribution is 5.45. The molecule has 1 aromatic carbocycles. The van der Waals surface area contributed by atoms with Crippen molar-refractivity contribution in [1.82, 2.24) is 5.32 Å². The molecule has 0 bridgehead atoms. The number of para-hydroxylation sites is 1. The molecular formula is C15H23NO2. The van der Waals surface area contributed by atoms with Gasteiger partial charge in [-0.15, -0.1) is 0 Å². The molecular weight excluding hydrogens is 226 g/mol. The predicted octanol–water partition coefficient (Wildman–Crippen LogP) is 2.70. The number of fused-ring (bicyclic) bond motifs is 1. The zero-order chi connectivity index (χ0) is 13.0. The van der Waals surface area contributed by atoms with Gasteiger partial charge in [-0.1, -0.05) is 25.1 Å². The Kier molecular flexibility index (Phi) is 4.61. The molecule has 1 aliphatic rings. The molecule has 1 atom stereocenters. The predicted molar refractivity (Wildman–Crippen MR) is 73.1 cm³/mol. The molecule has 1 aromatic rings. The van der Waals surface area contributed by atoms with Crippen LogP contribution in [0.15, 0.2) is 18.2 Å². The van der Waals surface area contributed by atoms with Gasteiger partial charge < -0.3 is 14.8 Å². The van der Waals surface area contributed by atoms with E-state index in [0.717, 1.165) is 25.3 Å². The van der Waals surface area contributed by atoms with E-state index in [1.165, 1.54) is 11.1 Å². The van der Waals surface area contributed by atoms with Gasteiger partial charge in [-0.05, 0) is 26.0 Å². The van der Waals surface area contributed by atoms with Crippen molar-refractivity contribution < 1.29 is 9.47 Å². The first kappa shape index (κ1) is 13.4. The molecule has 3 nitrogen and oxygen atoms in total. The summed E-state index contributed by atoms with van der Waals surface area (Å²) in [5.41, 5.74) is 2.55. The van der Waals surface area contributed by atoms with E-state index in [0.29, 0.717) is 6.61 Å². The van der Waals surface area contributed by atoms with Crippen LogP contribution in [0.25, 0.3) is 0 Å². The largest absolute Gasteiger partial charge is 0.493 e. The minimum absolute atomic E-state index is 0.213. The van der Waals surface area contributed by atoms with Crippen molar-refractivity contribution in [1.29, 1.82) is 0 Å². The SMILES string of the molecule is CCNC(COC(C)C)c1cccc2c1OCC2. The summed E-state index contributed by atoms with van der Waals surface area (Å²) in [6.45, 7) is 8.66. The summed E-state index contributed by atoms with van der Waals surface area (Å²) in [6.07, 6.45) is 1.27. The molecule has 1 aliphatic heterocycles. The van der Waals surface area contributed by atoms with E-state index in [-0.39, 0.29) is 12.1 Å². The topological polar surface area (TPSA) is 30.5 Å². The van der Waals surface area contributed by atoms with Gasteiger partial charge in [0.05, 0.1) is 25.4 Å². The highest BCUT2D eigenvalue weighted by Gasteiger charge is 2.21.